The molecule has 1 fully saturated rings. The van der Waals surface area contributed by atoms with Crippen molar-refractivity contribution >= 4 is 10.9 Å². The van der Waals surface area contributed by atoms with E-state index in [0.29, 0.717) is 52.7 Å². The van der Waals surface area contributed by atoms with Crippen molar-refractivity contribution in [2.24, 2.45) is 0 Å². The molecule has 7 nitrogen and oxygen atoms in total. The number of benzene rings is 3. The predicted molar refractivity (Wildman–Crippen MR) is 148 cm³/mol. The first kappa shape index (κ1) is 26.7. The minimum atomic E-state index is -0.475. The Bertz CT molecular complexity index is 1390. The quantitative estimate of drug-likeness (QED) is 0.214. The van der Waals surface area contributed by atoms with Crippen LogP contribution in [0.3, 0.4) is 0 Å². The number of morpholine rings is 1. The van der Waals surface area contributed by atoms with E-state index >= 15 is 0 Å². The van der Waals surface area contributed by atoms with Gasteiger partial charge in [-0.15, -0.1) is 0 Å². The maximum Gasteiger partial charge on any atom is 0.166 e. The van der Waals surface area contributed by atoms with Crippen LogP contribution < -0.4 is 18.9 Å². The average molecular weight is 533 g/mol. The second-order valence-corrected chi connectivity index (χ2v) is 9.41. The molecule has 1 saturated heterocycles. The minimum absolute atomic E-state index is 0.0681. The van der Waals surface area contributed by atoms with E-state index in [1.54, 1.807) is 25.4 Å². The van der Waals surface area contributed by atoms with Gasteiger partial charge in [0.25, 0.3) is 0 Å². The number of halogens is 1. The zero-order valence-corrected chi connectivity index (χ0v) is 22.3. The van der Waals surface area contributed by atoms with Crippen LogP contribution in [0.25, 0.3) is 10.9 Å². The van der Waals surface area contributed by atoms with Gasteiger partial charge in [-0.05, 0) is 42.7 Å². The highest BCUT2D eigenvalue weighted by Crippen LogP contribution is 2.39. The summed E-state index contributed by atoms with van der Waals surface area (Å²) in [6.45, 7) is 7.15. The van der Waals surface area contributed by atoms with E-state index in [1.165, 1.54) is 6.07 Å². The number of nitrogens with zero attached hydrogens (tertiary/aromatic N) is 2. The molecule has 1 aromatic heterocycles. The fourth-order valence-electron chi connectivity index (χ4n) is 4.51. The number of hydrogen-bond acceptors (Lipinski definition) is 7. The fraction of sp³-hybridized carbons (Fsp3) is 0.323. The highest BCUT2D eigenvalue weighted by atomic mass is 19.1. The molecule has 3 aromatic carbocycles. The molecule has 1 aliphatic heterocycles. The molecule has 0 bridgehead atoms. The first-order valence-corrected chi connectivity index (χ1v) is 13.1. The van der Waals surface area contributed by atoms with E-state index in [-0.39, 0.29) is 5.75 Å². The van der Waals surface area contributed by atoms with E-state index < -0.39 is 5.82 Å². The third-order valence-electron chi connectivity index (χ3n) is 6.65. The Morgan fingerprint density at radius 3 is 2.51 bits per heavy atom. The van der Waals surface area contributed by atoms with Crippen LogP contribution in [-0.2, 0) is 11.3 Å². The first-order chi connectivity index (χ1) is 19.1. The van der Waals surface area contributed by atoms with E-state index in [4.69, 9.17) is 23.7 Å². The zero-order chi connectivity index (χ0) is 27.0. The predicted octanol–water partition coefficient (Wildman–Crippen LogP) is 6.16. The van der Waals surface area contributed by atoms with Crippen molar-refractivity contribution in [3.63, 3.8) is 0 Å². The smallest absolute Gasteiger partial charge is 0.166 e. The van der Waals surface area contributed by atoms with Gasteiger partial charge in [0.05, 0.1) is 32.4 Å². The molecule has 1 aliphatic rings. The van der Waals surface area contributed by atoms with Crippen molar-refractivity contribution in [2.45, 2.75) is 20.0 Å². The summed E-state index contributed by atoms with van der Waals surface area (Å²) in [5.74, 6) is 1.76. The average Bonchev–Trinajstić information content (AvgIpc) is 2.97. The number of aryl methyl sites for hydroxylation is 1. The number of methoxy groups -OCH3 is 1. The summed E-state index contributed by atoms with van der Waals surface area (Å²) >= 11 is 0. The molecular formula is C31H33FN2O5. The lowest BCUT2D eigenvalue weighted by Crippen LogP contribution is -2.37. The third-order valence-corrected chi connectivity index (χ3v) is 6.65. The molecule has 2 heterocycles. The molecule has 0 amide bonds. The lowest BCUT2D eigenvalue weighted by Gasteiger charge is -2.26. The minimum Gasteiger partial charge on any atom is -0.493 e. The summed E-state index contributed by atoms with van der Waals surface area (Å²) in [5, 5.41) is 0.682. The van der Waals surface area contributed by atoms with Gasteiger partial charge < -0.3 is 23.7 Å². The molecule has 0 unspecified atom stereocenters. The lowest BCUT2D eigenvalue weighted by molar-refractivity contribution is 0.0357. The van der Waals surface area contributed by atoms with Crippen LogP contribution in [0.4, 0.5) is 4.39 Å². The maximum atomic E-state index is 14.9. The molecule has 0 spiro atoms. The standard InChI is InChI=1S/C31H33FN2O5/c1-22-17-25(32)29(20-28(22)38-21-23-7-4-3-5-8-23)39-27-9-10-33-26-19-31(30(35-2)18-24(26)27)37-14-6-11-34-12-15-36-16-13-34/h3-5,7-10,17-20H,6,11-16,21H2,1-2H3. The molecule has 0 N–H and O–H groups in total. The van der Waals surface area contributed by atoms with Gasteiger partial charge in [0.1, 0.15) is 18.1 Å². The summed E-state index contributed by atoms with van der Waals surface area (Å²) in [7, 11) is 1.59. The molecule has 0 radical (unpaired) electrons. The Hall–Kier alpha value is -3.88. The Balaban J connectivity index is 1.31. The van der Waals surface area contributed by atoms with Crippen LogP contribution in [0, 0.1) is 12.7 Å². The zero-order valence-electron chi connectivity index (χ0n) is 22.3. The summed E-state index contributed by atoms with van der Waals surface area (Å²) in [6.07, 6.45) is 2.52. The van der Waals surface area contributed by atoms with Crippen LogP contribution in [0.15, 0.2) is 66.9 Å². The molecule has 39 heavy (non-hydrogen) atoms. The second-order valence-electron chi connectivity index (χ2n) is 9.41. The molecule has 0 aliphatic carbocycles. The molecule has 0 saturated carbocycles. The summed E-state index contributed by atoms with van der Waals surface area (Å²) in [5.41, 5.74) is 2.37. The van der Waals surface area contributed by atoms with Gasteiger partial charge in [-0.2, -0.15) is 0 Å². The van der Waals surface area contributed by atoms with Gasteiger partial charge in [-0.1, -0.05) is 30.3 Å². The maximum absolute atomic E-state index is 14.9. The summed E-state index contributed by atoms with van der Waals surface area (Å²) in [6, 6.07) is 18.2. The summed E-state index contributed by atoms with van der Waals surface area (Å²) in [4.78, 5) is 6.86. The van der Waals surface area contributed by atoms with Crippen LogP contribution in [-0.4, -0.2) is 56.4 Å². The molecule has 204 valence electrons. The van der Waals surface area contributed by atoms with Gasteiger partial charge in [0, 0.05) is 43.4 Å². The Morgan fingerprint density at radius 1 is 0.897 bits per heavy atom. The van der Waals surface area contributed by atoms with Crippen molar-refractivity contribution in [2.75, 3.05) is 46.6 Å². The number of ether oxygens (including phenoxy) is 5. The first-order valence-electron chi connectivity index (χ1n) is 13.1. The van der Waals surface area contributed by atoms with Crippen molar-refractivity contribution in [1.29, 1.82) is 0 Å². The highest BCUT2D eigenvalue weighted by Gasteiger charge is 2.16. The van der Waals surface area contributed by atoms with Gasteiger partial charge >= 0.3 is 0 Å². The Morgan fingerprint density at radius 2 is 1.72 bits per heavy atom. The van der Waals surface area contributed by atoms with Gasteiger partial charge in [0.2, 0.25) is 0 Å². The summed E-state index contributed by atoms with van der Waals surface area (Å²) < 4.78 is 44.1. The van der Waals surface area contributed by atoms with Crippen molar-refractivity contribution < 1.29 is 28.1 Å². The molecule has 5 rings (SSSR count). The largest absolute Gasteiger partial charge is 0.493 e. The Labute approximate surface area is 228 Å². The highest BCUT2D eigenvalue weighted by molar-refractivity contribution is 5.88. The van der Waals surface area contributed by atoms with Crippen LogP contribution in [0.1, 0.15) is 17.5 Å². The van der Waals surface area contributed by atoms with Gasteiger partial charge in [-0.3, -0.25) is 9.88 Å². The number of fused-ring (bicyclic) bond motifs is 1. The molecule has 4 aromatic rings. The normalized spacial score (nSPS) is 13.8. The lowest BCUT2D eigenvalue weighted by atomic mass is 10.1. The van der Waals surface area contributed by atoms with Gasteiger partial charge in [-0.25, -0.2) is 4.39 Å². The Kier molecular flexibility index (Phi) is 8.75. The van der Waals surface area contributed by atoms with Crippen LogP contribution >= 0.6 is 0 Å². The third kappa shape index (κ3) is 6.77. The van der Waals surface area contributed by atoms with Crippen molar-refractivity contribution in [3.05, 3.63) is 83.8 Å². The topological polar surface area (TPSA) is 62.3 Å². The van der Waals surface area contributed by atoms with Crippen molar-refractivity contribution in [1.82, 2.24) is 9.88 Å². The number of aromatic nitrogens is 1. The van der Waals surface area contributed by atoms with E-state index in [0.717, 1.165) is 44.8 Å². The van der Waals surface area contributed by atoms with Gasteiger partial charge in [0.15, 0.2) is 23.1 Å². The van der Waals surface area contributed by atoms with Crippen LogP contribution in [0.5, 0.6) is 28.7 Å². The van der Waals surface area contributed by atoms with Crippen LogP contribution in [0.2, 0.25) is 0 Å². The van der Waals surface area contributed by atoms with E-state index in [2.05, 4.69) is 9.88 Å². The molecule has 8 heteroatoms. The van der Waals surface area contributed by atoms with Crippen molar-refractivity contribution in [3.8, 4) is 28.7 Å². The fourth-order valence-corrected chi connectivity index (χ4v) is 4.51. The second kappa shape index (κ2) is 12.8. The monoisotopic (exact) mass is 532 g/mol. The number of hydrogen-bond donors (Lipinski definition) is 0. The number of pyridine rings is 1. The molecule has 0 atom stereocenters. The molecular weight excluding hydrogens is 499 g/mol. The SMILES string of the molecule is COc1cc2c(Oc3cc(OCc4ccccc4)c(C)cc3F)ccnc2cc1OCCCN1CCOCC1. The van der Waals surface area contributed by atoms with E-state index in [1.807, 2.05) is 49.4 Å². The number of rotatable bonds is 11. The van der Waals surface area contributed by atoms with E-state index in [9.17, 15) is 4.39 Å².